The highest BCUT2D eigenvalue weighted by Crippen LogP contribution is 2.26. The summed E-state index contributed by atoms with van der Waals surface area (Å²) in [6.45, 7) is 3.17. The van der Waals surface area contributed by atoms with Gasteiger partial charge in [0, 0.05) is 19.3 Å². The summed E-state index contributed by atoms with van der Waals surface area (Å²) in [6.07, 6.45) is 2.30. The molecule has 2 saturated heterocycles. The second-order valence-electron chi connectivity index (χ2n) is 7.76. The second kappa shape index (κ2) is 9.51. The molecule has 0 bridgehead atoms. The molecule has 2 aliphatic rings. The number of carboxylic acid groups (broad SMARTS) is 1. The number of nitrogens with zero attached hydrogens (tertiary/aromatic N) is 2. The predicted molar refractivity (Wildman–Crippen MR) is 102 cm³/mol. The molecule has 0 aromatic rings. The highest BCUT2D eigenvalue weighted by molar-refractivity contribution is 8.00. The number of hydrogen-bond acceptors (Lipinski definition) is 6. The van der Waals surface area contributed by atoms with E-state index >= 15 is 0 Å². The van der Waals surface area contributed by atoms with E-state index in [1.165, 1.54) is 18.7 Å². The number of aliphatic carboxylic acids is 1. The van der Waals surface area contributed by atoms with Gasteiger partial charge in [0.2, 0.25) is 11.8 Å². The molecule has 3 amide bonds. The molecule has 2 unspecified atom stereocenters. The van der Waals surface area contributed by atoms with E-state index in [2.05, 4.69) is 5.32 Å². The van der Waals surface area contributed by atoms with E-state index in [9.17, 15) is 29.1 Å². The van der Waals surface area contributed by atoms with Crippen molar-refractivity contribution in [1.29, 1.82) is 0 Å². The van der Waals surface area contributed by atoms with Crippen molar-refractivity contribution in [3.8, 4) is 0 Å². The highest BCUT2D eigenvalue weighted by atomic mass is 32.2. The van der Waals surface area contributed by atoms with Gasteiger partial charge in [-0.05, 0) is 19.1 Å². The lowest BCUT2D eigenvalue weighted by molar-refractivity contribution is -0.889. The molecular weight excluding hydrogens is 386 g/mol. The Bertz CT molecular complexity index is 662. The van der Waals surface area contributed by atoms with Crippen molar-refractivity contribution in [2.24, 2.45) is 0 Å². The normalized spacial score (nSPS) is 22.4. The summed E-state index contributed by atoms with van der Waals surface area (Å²) in [6, 6.07) is -1.03. The lowest BCUT2D eigenvalue weighted by atomic mass is 10.2. The number of thioether (sulfide) groups is 1. The number of ketones is 1. The van der Waals surface area contributed by atoms with Crippen molar-refractivity contribution >= 4 is 41.2 Å². The first-order valence-electron chi connectivity index (χ1n) is 9.42. The van der Waals surface area contributed by atoms with Crippen LogP contribution in [0.4, 0.5) is 0 Å². The number of rotatable bonds is 10. The SMILES string of the molecule is CC(=O)CN1C(=O)CC(SCCC(NC(=O)C[N+]2(C)CCCC2)C(=O)O)C1=O. The number of amides is 3. The smallest absolute Gasteiger partial charge is 0.326 e. The third kappa shape index (κ3) is 6.03. The van der Waals surface area contributed by atoms with Gasteiger partial charge in [0.15, 0.2) is 6.54 Å². The number of likely N-dealkylation sites (tertiary alicyclic amines) is 2. The fourth-order valence-electron chi connectivity index (χ4n) is 3.60. The van der Waals surface area contributed by atoms with Crippen molar-refractivity contribution in [3.63, 3.8) is 0 Å². The van der Waals surface area contributed by atoms with E-state index in [-0.39, 0.29) is 43.5 Å². The van der Waals surface area contributed by atoms with Crippen LogP contribution in [0, 0.1) is 0 Å². The molecule has 28 heavy (non-hydrogen) atoms. The van der Waals surface area contributed by atoms with Crippen LogP contribution in [0.15, 0.2) is 0 Å². The van der Waals surface area contributed by atoms with E-state index in [1.54, 1.807) is 0 Å². The number of carbonyl (C=O) groups excluding carboxylic acids is 4. The third-order valence-corrected chi connectivity index (χ3v) is 6.36. The maximum Gasteiger partial charge on any atom is 0.326 e. The van der Waals surface area contributed by atoms with Crippen LogP contribution in [-0.2, 0) is 24.0 Å². The summed E-state index contributed by atoms with van der Waals surface area (Å²) in [5.74, 6) is -2.17. The summed E-state index contributed by atoms with van der Waals surface area (Å²) in [5, 5.41) is 11.3. The zero-order valence-electron chi connectivity index (χ0n) is 16.3. The summed E-state index contributed by atoms with van der Waals surface area (Å²) in [4.78, 5) is 59.9. The average Bonchev–Trinajstić information content (AvgIpc) is 3.12. The molecule has 0 spiro atoms. The Labute approximate surface area is 168 Å². The van der Waals surface area contributed by atoms with Gasteiger partial charge in [0.25, 0.3) is 5.91 Å². The minimum absolute atomic E-state index is 0.0106. The van der Waals surface area contributed by atoms with Gasteiger partial charge in [0.1, 0.15) is 11.8 Å². The van der Waals surface area contributed by atoms with Crippen molar-refractivity contribution in [2.45, 2.75) is 43.9 Å². The molecule has 9 nitrogen and oxygen atoms in total. The number of carbonyl (C=O) groups is 5. The van der Waals surface area contributed by atoms with Crippen LogP contribution >= 0.6 is 11.8 Å². The Morgan fingerprint density at radius 3 is 2.50 bits per heavy atom. The summed E-state index contributed by atoms with van der Waals surface area (Å²) in [7, 11) is 1.99. The number of nitrogens with one attached hydrogen (secondary N) is 1. The lowest BCUT2D eigenvalue weighted by Gasteiger charge is -2.28. The van der Waals surface area contributed by atoms with Crippen LogP contribution in [0.2, 0.25) is 0 Å². The molecule has 2 N–H and O–H groups in total. The number of carboxylic acids is 1. The van der Waals surface area contributed by atoms with Crippen molar-refractivity contribution in [3.05, 3.63) is 0 Å². The number of imide groups is 1. The quantitative estimate of drug-likeness (QED) is 0.370. The molecule has 2 atom stereocenters. The molecular formula is C18H28N3O6S+. The maximum absolute atomic E-state index is 12.2. The van der Waals surface area contributed by atoms with Gasteiger partial charge in [0.05, 0.1) is 31.9 Å². The zero-order valence-corrected chi connectivity index (χ0v) is 17.1. The van der Waals surface area contributed by atoms with Crippen LogP contribution in [0.1, 0.15) is 32.6 Å². The van der Waals surface area contributed by atoms with Crippen molar-refractivity contribution in [1.82, 2.24) is 10.2 Å². The first kappa shape index (κ1) is 22.4. The van der Waals surface area contributed by atoms with Crippen LogP contribution in [0.5, 0.6) is 0 Å². The average molecular weight is 415 g/mol. The van der Waals surface area contributed by atoms with E-state index in [4.69, 9.17) is 0 Å². The van der Waals surface area contributed by atoms with E-state index in [0.29, 0.717) is 10.2 Å². The Morgan fingerprint density at radius 1 is 1.29 bits per heavy atom. The molecule has 2 aliphatic heterocycles. The van der Waals surface area contributed by atoms with Gasteiger partial charge in [-0.2, -0.15) is 0 Å². The Balaban J connectivity index is 1.81. The Hall–Kier alpha value is -1.94. The van der Waals surface area contributed by atoms with E-state index in [0.717, 1.165) is 30.8 Å². The van der Waals surface area contributed by atoms with Gasteiger partial charge in [-0.3, -0.25) is 24.1 Å². The van der Waals surface area contributed by atoms with Gasteiger partial charge < -0.3 is 14.9 Å². The maximum atomic E-state index is 12.2. The topological polar surface area (TPSA) is 121 Å². The zero-order chi connectivity index (χ0) is 20.9. The fourth-order valence-corrected chi connectivity index (χ4v) is 4.79. The monoisotopic (exact) mass is 414 g/mol. The number of hydrogen-bond donors (Lipinski definition) is 2. The van der Waals surface area contributed by atoms with Crippen LogP contribution in [-0.4, -0.2) is 94.2 Å². The summed E-state index contributed by atoms with van der Waals surface area (Å²) >= 11 is 1.19. The van der Waals surface area contributed by atoms with Crippen LogP contribution < -0.4 is 5.32 Å². The van der Waals surface area contributed by atoms with Crippen LogP contribution in [0.25, 0.3) is 0 Å². The van der Waals surface area contributed by atoms with E-state index < -0.39 is 23.2 Å². The molecule has 156 valence electrons. The van der Waals surface area contributed by atoms with Gasteiger partial charge in [-0.15, -0.1) is 11.8 Å². The standard InChI is InChI=1S/C18H27N3O6S/c1-12(22)10-20-16(24)9-14(17(20)25)28-8-5-13(18(26)27)19-15(23)11-21(2)6-3-4-7-21/h13-14H,3-11H2,1-2H3,(H-,19,23,26,27)/p+1. The third-order valence-electron chi connectivity index (χ3n) is 5.11. The minimum atomic E-state index is -1.12. The molecule has 2 heterocycles. The molecule has 0 radical (unpaired) electrons. The Morgan fingerprint density at radius 2 is 1.93 bits per heavy atom. The second-order valence-corrected chi connectivity index (χ2v) is 9.07. The molecule has 2 rings (SSSR count). The molecule has 2 fully saturated rings. The lowest BCUT2D eigenvalue weighted by Crippen LogP contribution is -2.51. The first-order chi connectivity index (χ1) is 13.1. The van der Waals surface area contributed by atoms with Gasteiger partial charge in [-0.25, -0.2) is 4.79 Å². The number of Topliss-reactive ketones (excluding diaryl/α,β-unsaturated/α-hetero) is 1. The van der Waals surface area contributed by atoms with Crippen LogP contribution in [0.3, 0.4) is 0 Å². The summed E-state index contributed by atoms with van der Waals surface area (Å²) in [5.41, 5.74) is 0. The first-order valence-corrected chi connectivity index (χ1v) is 10.5. The highest BCUT2D eigenvalue weighted by Gasteiger charge is 2.39. The predicted octanol–water partition coefficient (Wildman–Crippen LogP) is -0.364. The summed E-state index contributed by atoms with van der Waals surface area (Å²) < 4.78 is 0.623. The Kier molecular flexibility index (Phi) is 7.59. The number of quaternary nitrogens is 1. The fraction of sp³-hybridized carbons (Fsp3) is 0.722. The molecule has 0 aliphatic carbocycles. The van der Waals surface area contributed by atoms with Gasteiger partial charge in [-0.1, -0.05) is 0 Å². The molecule has 0 aromatic heterocycles. The number of likely N-dealkylation sites (N-methyl/N-ethyl adjacent to an activating group) is 1. The van der Waals surface area contributed by atoms with Crippen molar-refractivity contribution in [2.75, 3.05) is 39.0 Å². The van der Waals surface area contributed by atoms with Crippen molar-refractivity contribution < 1.29 is 33.6 Å². The molecule has 0 aromatic carbocycles. The minimum Gasteiger partial charge on any atom is -0.480 e. The van der Waals surface area contributed by atoms with E-state index in [1.807, 2.05) is 7.05 Å². The molecule has 10 heteroatoms. The largest absolute Gasteiger partial charge is 0.480 e. The van der Waals surface area contributed by atoms with Gasteiger partial charge >= 0.3 is 5.97 Å². The molecule has 0 saturated carbocycles.